The van der Waals surface area contributed by atoms with Gasteiger partial charge in [0, 0.05) is 43.4 Å². The largest absolute Gasteiger partial charge is 0.299 e. The lowest BCUT2D eigenvalue weighted by molar-refractivity contribution is 0.0948. The third kappa shape index (κ3) is 5.52. The van der Waals surface area contributed by atoms with E-state index in [0.717, 1.165) is 32.6 Å². The van der Waals surface area contributed by atoms with E-state index in [0.29, 0.717) is 12.0 Å². The quantitative estimate of drug-likeness (QED) is 0.637. The number of pyridine rings is 1. The molecule has 3 heterocycles. The highest BCUT2D eigenvalue weighted by Gasteiger charge is 2.29. The van der Waals surface area contributed by atoms with Gasteiger partial charge in [0.15, 0.2) is 0 Å². The molecule has 0 bridgehead atoms. The van der Waals surface area contributed by atoms with Crippen LogP contribution in [0.2, 0.25) is 0 Å². The molecule has 1 aromatic carbocycles. The van der Waals surface area contributed by atoms with E-state index in [4.69, 9.17) is 0 Å². The van der Waals surface area contributed by atoms with Gasteiger partial charge < -0.3 is 0 Å². The van der Waals surface area contributed by atoms with E-state index in [1.807, 2.05) is 18.6 Å². The van der Waals surface area contributed by atoms with Crippen LogP contribution in [0.1, 0.15) is 29.7 Å². The second-order valence-electron chi connectivity index (χ2n) is 8.22. The number of nitrogens with one attached hydrogen (secondary N) is 1. The van der Waals surface area contributed by atoms with Crippen molar-refractivity contribution in [3.63, 3.8) is 0 Å². The Morgan fingerprint density at radius 2 is 1.76 bits per heavy atom. The number of H-pyrrole nitrogens is 1. The van der Waals surface area contributed by atoms with E-state index >= 15 is 0 Å². The Labute approximate surface area is 173 Å². The first-order chi connectivity index (χ1) is 14.3. The summed E-state index contributed by atoms with van der Waals surface area (Å²) in [4.78, 5) is 9.26. The average Bonchev–Trinajstić information content (AvgIpc) is 3.27. The van der Waals surface area contributed by atoms with Crippen molar-refractivity contribution in [1.82, 2.24) is 25.0 Å². The van der Waals surface area contributed by atoms with E-state index in [2.05, 4.69) is 80.6 Å². The Balaban J connectivity index is 1.42. The fraction of sp³-hybridized carbons (Fsp3) is 0.417. The molecule has 152 valence electrons. The standard InChI is InChI=1S/C24H31N5/c1-28(18-21-7-12-25-13-8-21)24(17-20-5-3-2-4-6-20)22-10-15-29(16-11-22)19-23-9-14-26-27-23/h2-9,12-14,22,24H,10-11,15-19H2,1H3,(H,26,27). The molecule has 3 aromatic rings. The number of hydrogen-bond acceptors (Lipinski definition) is 4. The lowest BCUT2D eigenvalue weighted by Crippen LogP contribution is -2.45. The van der Waals surface area contributed by atoms with Crippen LogP contribution in [0.25, 0.3) is 0 Å². The van der Waals surface area contributed by atoms with Gasteiger partial charge in [0.2, 0.25) is 0 Å². The van der Waals surface area contributed by atoms with Crippen molar-refractivity contribution in [3.05, 3.63) is 83.9 Å². The summed E-state index contributed by atoms with van der Waals surface area (Å²) in [6, 6.07) is 17.8. The number of aromatic nitrogens is 3. The fourth-order valence-corrected chi connectivity index (χ4v) is 4.54. The highest BCUT2D eigenvalue weighted by Crippen LogP contribution is 2.28. The van der Waals surface area contributed by atoms with Crippen LogP contribution >= 0.6 is 0 Å². The Hall–Kier alpha value is -2.50. The topological polar surface area (TPSA) is 48.1 Å². The number of likely N-dealkylation sites (N-methyl/N-ethyl adjacent to an activating group) is 1. The number of benzene rings is 1. The van der Waals surface area contributed by atoms with Gasteiger partial charge in [0.05, 0.1) is 0 Å². The first-order valence-corrected chi connectivity index (χ1v) is 10.6. The van der Waals surface area contributed by atoms with Gasteiger partial charge in [0.25, 0.3) is 0 Å². The van der Waals surface area contributed by atoms with Crippen molar-refractivity contribution < 1.29 is 0 Å². The Kier molecular flexibility index (Phi) is 6.70. The van der Waals surface area contributed by atoms with Crippen LogP contribution in [0.4, 0.5) is 0 Å². The minimum atomic E-state index is 0.542. The van der Waals surface area contributed by atoms with Crippen LogP contribution in [0.15, 0.2) is 67.1 Å². The predicted molar refractivity (Wildman–Crippen MR) is 116 cm³/mol. The maximum atomic E-state index is 4.16. The summed E-state index contributed by atoms with van der Waals surface area (Å²) in [6.07, 6.45) is 9.21. The lowest BCUT2D eigenvalue weighted by Gasteiger charge is -2.40. The number of likely N-dealkylation sites (tertiary alicyclic amines) is 1. The molecule has 0 spiro atoms. The molecule has 1 atom stereocenters. The molecule has 1 aliphatic rings. The summed E-state index contributed by atoms with van der Waals surface area (Å²) in [6.45, 7) is 4.24. The highest BCUT2D eigenvalue weighted by atomic mass is 15.2. The maximum Gasteiger partial charge on any atom is 0.0492 e. The molecule has 5 nitrogen and oxygen atoms in total. The molecule has 29 heavy (non-hydrogen) atoms. The first kappa shape index (κ1) is 19.8. The molecule has 5 heteroatoms. The Bertz CT molecular complexity index is 826. The molecule has 4 rings (SSSR count). The molecular formula is C24H31N5. The van der Waals surface area contributed by atoms with Crippen molar-refractivity contribution in [3.8, 4) is 0 Å². The smallest absolute Gasteiger partial charge is 0.0492 e. The number of nitrogens with zero attached hydrogens (tertiary/aromatic N) is 4. The van der Waals surface area contributed by atoms with Gasteiger partial charge in [-0.05, 0) is 74.6 Å². The molecule has 1 N–H and O–H groups in total. The van der Waals surface area contributed by atoms with E-state index in [1.54, 1.807) is 0 Å². The van der Waals surface area contributed by atoms with Crippen molar-refractivity contribution in [2.45, 2.75) is 38.4 Å². The normalized spacial score (nSPS) is 16.9. The molecular weight excluding hydrogens is 358 g/mol. The van der Waals surface area contributed by atoms with E-state index in [-0.39, 0.29) is 0 Å². The zero-order valence-electron chi connectivity index (χ0n) is 17.2. The van der Waals surface area contributed by atoms with Crippen molar-refractivity contribution in [2.75, 3.05) is 20.1 Å². The van der Waals surface area contributed by atoms with Gasteiger partial charge in [-0.1, -0.05) is 30.3 Å². The molecule has 0 radical (unpaired) electrons. The van der Waals surface area contributed by atoms with E-state index in [9.17, 15) is 0 Å². The van der Waals surface area contributed by atoms with Crippen LogP contribution in [0.5, 0.6) is 0 Å². The van der Waals surface area contributed by atoms with Crippen molar-refractivity contribution >= 4 is 0 Å². The van der Waals surface area contributed by atoms with Crippen molar-refractivity contribution in [2.24, 2.45) is 5.92 Å². The minimum Gasteiger partial charge on any atom is -0.299 e. The zero-order chi connectivity index (χ0) is 19.9. The first-order valence-electron chi connectivity index (χ1n) is 10.6. The Morgan fingerprint density at radius 1 is 1.00 bits per heavy atom. The highest BCUT2D eigenvalue weighted by molar-refractivity contribution is 5.17. The SMILES string of the molecule is CN(Cc1ccncc1)C(Cc1ccccc1)C1CCN(Cc2ccn[nH]2)CC1. The summed E-state index contributed by atoms with van der Waals surface area (Å²) in [5.41, 5.74) is 3.97. The summed E-state index contributed by atoms with van der Waals surface area (Å²) in [5.74, 6) is 0.708. The van der Waals surface area contributed by atoms with Gasteiger partial charge in [-0.3, -0.25) is 19.9 Å². The zero-order valence-corrected chi connectivity index (χ0v) is 17.2. The lowest BCUT2D eigenvalue weighted by atomic mass is 9.84. The molecule has 0 saturated carbocycles. The summed E-state index contributed by atoms with van der Waals surface area (Å²) >= 11 is 0. The summed E-state index contributed by atoms with van der Waals surface area (Å²) in [5, 5.41) is 7.17. The molecule has 0 aliphatic carbocycles. The molecule has 1 fully saturated rings. The van der Waals surface area contributed by atoms with Crippen LogP contribution in [-0.2, 0) is 19.5 Å². The fourth-order valence-electron chi connectivity index (χ4n) is 4.54. The predicted octanol–water partition coefficient (Wildman–Crippen LogP) is 3.76. The number of piperidine rings is 1. The molecule has 2 aromatic heterocycles. The maximum absolute atomic E-state index is 4.16. The minimum absolute atomic E-state index is 0.542. The molecule has 1 aliphatic heterocycles. The molecule has 1 saturated heterocycles. The number of aromatic amines is 1. The third-order valence-corrected chi connectivity index (χ3v) is 6.16. The second kappa shape index (κ2) is 9.81. The Morgan fingerprint density at radius 3 is 2.45 bits per heavy atom. The second-order valence-corrected chi connectivity index (χ2v) is 8.22. The monoisotopic (exact) mass is 389 g/mol. The van der Waals surface area contributed by atoms with Crippen LogP contribution in [0.3, 0.4) is 0 Å². The third-order valence-electron chi connectivity index (χ3n) is 6.16. The average molecular weight is 390 g/mol. The number of rotatable bonds is 8. The number of hydrogen-bond donors (Lipinski definition) is 1. The van der Waals surface area contributed by atoms with Gasteiger partial charge in [0.1, 0.15) is 0 Å². The van der Waals surface area contributed by atoms with E-state index < -0.39 is 0 Å². The summed E-state index contributed by atoms with van der Waals surface area (Å²) in [7, 11) is 2.28. The molecule has 0 amide bonds. The van der Waals surface area contributed by atoms with Gasteiger partial charge in [-0.2, -0.15) is 5.10 Å². The summed E-state index contributed by atoms with van der Waals surface area (Å²) < 4.78 is 0. The van der Waals surface area contributed by atoms with Gasteiger partial charge >= 0.3 is 0 Å². The van der Waals surface area contributed by atoms with E-state index in [1.165, 1.54) is 29.7 Å². The van der Waals surface area contributed by atoms with Gasteiger partial charge in [-0.15, -0.1) is 0 Å². The van der Waals surface area contributed by atoms with Gasteiger partial charge in [-0.25, -0.2) is 0 Å². The van der Waals surface area contributed by atoms with Crippen LogP contribution in [-0.4, -0.2) is 51.2 Å². The van der Waals surface area contributed by atoms with Crippen LogP contribution in [0, 0.1) is 5.92 Å². The van der Waals surface area contributed by atoms with Crippen molar-refractivity contribution in [1.29, 1.82) is 0 Å². The molecule has 1 unspecified atom stereocenters. The van der Waals surface area contributed by atoms with Crippen LogP contribution < -0.4 is 0 Å².